The van der Waals surface area contributed by atoms with E-state index in [2.05, 4.69) is 15.8 Å². The summed E-state index contributed by atoms with van der Waals surface area (Å²) in [4.78, 5) is 23.8. The molecular formula is C19H23N3O5. The molecule has 0 bridgehead atoms. The number of nitrogens with one attached hydrogen (secondary N) is 2. The second kappa shape index (κ2) is 9.84. The van der Waals surface area contributed by atoms with E-state index in [-0.39, 0.29) is 24.8 Å². The topological polar surface area (TPSA) is 103 Å². The number of ether oxygens (including phenoxy) is 2. The zero-order valence-electron chi connectivity index (χ0n) is 15.0. The molecular weight excluding hydrogens is 350 g/mol. The number of rotatable bonds is 9. The summed E-state index contributed by atoms with van der Waals surface area (Å²) in [6.45, 7) is 2.50. The minimum absolute atomic E-state index is 0.112. The molecule has 3 rings (SSSR count). The maximum absolute atomic E-state index is 12.0. The first-order valence-corrected chi connectivity index (χ1v) is 8.90. The summed E-state index contributed by atoms with van der Waals surface area (Å²) in [5.74, 6) is 0.0815. The third kappa shape index (κ3) is 6.19. The molecule has 27 heavy (non-hydrogen) atoms. The van der Waals surface area contributed by atoms with E-state index in [9.17, 15) is 9.59 Å². The van der Waals surface area contributed by atoms with Crippen molar-refractivity contribution < 1.29 is 23.6 Å². The molecule has 144 valence electrons. The summed E-state index contributed by atoms with van der Waals surface area (Å²) in [5.41, 5.74) is 1.16. The van der Waals surface area contributed by atoms with Gasteiger partial charge in [0.25, 0.3) is 5.91 Å². The van der Waals surface area contributed by atoms with E-state index >= 15 is 0 Å². The summed E-state index contributed by atoms with van der Waals surface area (Å²) in [6.07, 6.45) is 0.945. The van der Waals surface area contributed by atoms with Crippen LogP contribution in [0.2, 0.25) is 0 Å². The van der Waals surface area contributed by atoms with Crippen LogP contribution in [0.3, 0.4) is 0 Å². The van der Waals surface area contributed by atoms with E-state index in [1.807, 2.05) is 30.3 Å². The summed E-state index contributed by atoms with van der Waals surface area (Å²) >= 11 is 0. The molecule has 1 atom stereocenters. The molecule has 1 aliphatic heterocycles. The zero-order chi connectivity index (χ0) is 18.9. The molecule has 2 N–H and O–H groups in total. The van der Waals surface area contributed by atoms with Gasteiger partial charge in [-0.25, -0.2) is 0 Å². The van der Waals surface area contributed by atoms with Crippen LogP contribution in [0.1, 0.15) is 28.2 Å². The fourth-order valence-electron chi connectivity index (χ4n) is 2.65. The Hall–Kier alpha value is -2.71. The van der Waals surface area contributed by atoms with Crippen molar-refractivity contribution in [1.82, 2.24) is 15.8 Å². The minimum Gasteiger partial charge on any atom is -0.381 e. The Morgan fingerprint density at radius 1 is 1.19 bits per heavy atom. The van der Waals surface area contributed by atoms with Crippen molar-refractivity contribution in [3.8, 4) is 0 Å². The SMILES string of the molecule is O=C(CNC(=O)c1cc(COCc2ccccc2)on1)NCC1CCOC1. The van der Waals surface area contributed by atoms with E-state index in [0.717, 1.165) is 18.6 Å². The summed E-state index contributed by atoms with van der Waals surface area (Å²) in [7, 11) is 0. The molecule has 0 saturated carbocycles. The molecule has 8 heteroatoms. The van der Waals surface area contributed by atoms with Crippen LogP contribution in [0, 0.1) is 5.92 Å². The van der Waals surface area contributed by atoms with Gasteiger partial charge in [-0.2, -0.15) is 0 Å². The fraction of sp³-hybridized carbons (Fsp3) is 0.421. The fourth-order valence-corrected chi connectivity index (χ4v) is 2.65. The number of carbonyl (C=O) groups is 2. The van der Waals surface area contributed by atoms with Gasteiger partial charge in [-0.15, -0.1) is 0 Å². The molecule has 2 heterocycles. The average Bonchev–Trinajstić information content (AvgIpc) is 3.37. The van der Waals surface area contributed by atoms with Crippen molar-refractivity contribution in [3.05, 3.63) is 53.4 Å². The standard InChI is InChI=1S/C19H23N3O5/c23-18(20-9-15-6-7-25-12-15)10-21-19(24)17-8-16(27-22-17)13-26-11-14-4-2-1-3-5-14/h1-5,8,15H,6-7,9-13H2,(H,20,23)(H,21,24). The highest BCUT2D eigenvalue weighted by molar-refractivity contribution is 5.94. The zero-order valence-corrected chi connectivity index (χ0v) is 15.0. The van der Waals surface area contributed by atoms with Crippen LogP contribution in [-0.4, -0.2) is 43.3 Å². The molecule has 1 aromatic carbocycles. The van der Waals surface area contributed by atoms with E-state index in [0.29, 0.717) is 31.4 Å². The first-order chi connectivity index (χ1) is 13.2. The van der Waals surface area contributed by atoms with E-state index in [1.165, 1.54) is 6.07 Å². The van der Waals surface area contributed by atoms with Gasteiger partial charge in [-0.3, -0.25) is 9.59 Å². The van der Waals surface area contributed by atoms with Gasteiger partial charge in [-0.05, 0) is 12.0 Å². The molecule has 0 radical (unpaired) electrons. The van der Waals surface area contributed by atoms with Crippen LogP contribution >= 0.6 is 0 Å². The van der Waals surface area contributed by atoms with Crippen LogP contribution in [0.5, 0.6) is 0 Å². The van der Waals surface area contributed by atoms with Crippen molar-refractivity contribution >= 4 is 11.8 Å². The van der Waals surface area contributed by atoms with Gasteiger partial charge in [-0.1, -0.05) is 35.5 Å². The number of carbonyl (C=O) groups excluding carboxylic acids is 2. The smallest absolute Gasteiger partial charge is 0.273 e. The monoisotopic (exact) mass is 373 g/mol. The summed E-state index contributed by atoms with van der Waals surface area (Å²) in [6, 6.07) is 11.2. The lowest BCUT2D eigenvalue weighted by atomic mass is 10.1. The molecule has 2 amide bonds. The highest BCUT2D eigenvalue weighted by Crippen LogP contribution is 2.10. The van der Waals surface area contributed by atoms with Gasteiger partial charge in [0.1, 0.15) is 6.61 Å². The molecule has 8 nitrogen and oxygen atoms in total. The quantitative estimate of drug-likeness (QED) is 0.686. The van der Waals surface area contributed by atoms with Gasteiger partial charge in [0.15, 0.2) is 11.5 Å². The molecule has 1 unspecified atom stereocenters. The average molecular weight is 373 g/mol. The Balaban J connectivity index is 1.35. The van der Waals surface area contributed by atoms with Crippen LogP contribution in [0.4, 0.5) is 0 Å². The number of hydrogen-bond acceptors (Lipinski definition) is 6. The predicted molar refractivity (Wildman–Crippen MR) is 95.7 cm³/mol. The molecule has 1 fully saturated rings. The number of aromatic nitrogens is 1. The number of nitrogens with zero attached hydrogens (tertiary/aromatic N) is 1. The van der Waals surface area contributed by atoms with Gasteiger partial charge >= 0.3 is 0 Å². The largest absolute Gasteiger partial charge is 0.381 e. The lowest BCUT2D eigenvalue weighted by molar-refractivity contribution is -0.120. The maximum Gasteiger partial charge on any atom is 0.273 e. The Morgan fingerprint density at radius 3 is 2.81 bits per heavy atom. The van der Waals surface area contributed by atoms with E-state index in [1.54, 1.807) is 0 Å². The Labute approximate surface area is 157 Å². The third-order valence-electron chi connectivity index (χ3n) is 4.17. The highest BCUT2D eigenvalue weighted by Gasteiger charge is 2.17. The molecule has 0 spiro atoms. The maximum atomic E-state index is 12.0. The lowest BCUT2D eigenvalue weighted by Crippen LogP contribution is -2.39. The van der Waals surface area contributed by atoms with Gasteiger partial charge < -0.3 is 24.6 Å². The number of benzene rings is 1. The first-order valence-electron chi connectivity index (χ1n) is 8.90. The van der Waals surface area contributed by atoms with Crippen molar-refractivity contribution in [2.45, 2.75) is 19.6 Å². The van der Waals surface area contributed by atoms with Crippen molar-refractivity contribution in [2.75, 3.05) is 26.3 Å². The van der Waals surface area contributed by atoms with E-state index in [4.69, 9.17) is 14.0 Å². The van der Waals surface area contributed by atoms with Crippen LogP contribution in [-0.2, 0) is 27.5 Å². The second-order valence-electron chi connectivity index (χ2n) is 6.37. The van der Waals surface area contributed by atoms with Crippen molar-refractivity contribution in [2.24, 2.45) is 5.92 Å². The van der Waals surface area contributed by atoms with Gasteiger partial charge in [0.05, 0.1) is 19.8 Å². The molecule has 0 aliphatic carbocycles. The molecule has 1 aromatic heterocycles. The highest BCUT2D eigenvalue weighted by atomic mass is 16.5. The number of amides is 2. The van der Waals surface area contributed by atoms with Crippen molar-refractivity contribution in [1.29, 1.82) is 0 Å². The summed E-state index contributed by atoms with van der Waals surface area (Å²) in [5, 5.41) is 9.02. The Morgan fingerprint density at radius 2 is 2.04 bits per heavy atom. The third-order valence-corrected chi connectivity index (χ3v) is 4.17. The molecule has 1 aliphatic rings. The van der Waals surface area contributed by atoms with Gasteiger partial charge in [0.2, 0.25) is 5.91 Å². The Bertz CT molecular complexity index is 741. The summed E-state index contributed by atoms with van der Waals surface area (Å²) < 4.78 is 15.9. The lowest BCUT2D eigenvalue weighted by Gasteiger charge is -2.09. The molecule has 1 saturated heterocycles. The normalized spacial score (nSPS) is 16.2. The second-order valence-corrected chi connectivity index (χ2v) is 6.37. The van der Waals surface area contributed by atoms with Crippen molar-refractivity contribution in [3.63, 3.8) is 0 Å². The van der Waals surface area contributed by atoms with Crippen LogP contribution in [0.25, 0.3) is 0 Å². The van der Waals surface area contributed by atoms with Gasteiger partial charge in [0, 0.05) is 25.1 Å². The number of hydrogen-bond donors (Lipinski definition) is 2. The van der Waals surface area contributed by atoms with Crippen LogP contribution < -0.4 is 10.6 Å². The Kier molecular flexibility index (Phi) is 6.95. The molecule has 2 aromatic rings. The minimum atomic E-state index is -0.465. The first kappa shape index (κ1) is 19.1. The predicted octanol–water partition coefficient (Wildman–Crippen LogP) is 1.27. The van der Waals surface area contributed by atoms with Crippen LogP contribution in [0.15, 0.2) is 40.9 Å². The van der Waals surface area contributed by atoms with E-state index < -0.39 is 5.91 Å².